The first-order valence-corrected chi connectivity index (χ1v) is 8.31. The second kappa shape index (κ2) is 8.75. The van der Waals surface area contributed by atoms with Gasteiger partial charge in [0.2, 0.25) is 0 Å². The van der Waals surface area contributed by atoms with E-state index in [2.05, 4.69) is 37.6 Å². The molecule has 0 spiro atoms. The van der Waals surface area contributed by atoms with Crippen molar-refractivity contribution < 1.29 is 9.53 Å². The molecule has 0 aliphatic carbocycles. The molecule has 5 nitrogen and oxygen atoms in total. The molecule has 5 heteroatoms. The molecule has 0 saturated heterocycles. The third-order valence-electron chi connectivity index (χ3n) is 3.66. The summed E-state index contributed by atoms with van der Waals surface area (Å²) in [6.07, 6.45) is 2.16. The van der Waals surface area contributed by atoms with Crippen molar-refractivity contribution in [3.8, 4) is 0 Å². The van der Waals surface area contributed by atoms with Crippen molar-refractivity contribution in [2.45, 2.75) is 47.0 Å². The molecular weight excluding hydrogens is 290 g/mol. The minimum absolute atomic E-state index is 0.0370. The van der Waals surface area contributed by atoms with Gasteiger partial charge in [-0.1, -0.05) is 34.6 Å². The van der Waals surface area contributed by atoms with Crippen LogP contribution in [-0.2, 0) is 9.53 Å². The molecule has 0 aromatic carbocycles. The number of carbonyl (C=O) groups excluding carboxylic acids is 1. The van der Waals surface area contributed by atoms with Crippen LogP contribution in [0.2, 0.25) is 0 Å². The van der Waals surface area contributed by atoms with Crippen LogP contribution in [0.3, 0.4) is 0 Å². The number of ether oxygens (including phenoxy) is 1. The van der Waals surface area contributed by atoms with Gasteiger partial charge in [0.25, 0.3) is 0 Å². The highest BCUT2D eigenvalue weighted by molar-refractivity contribution is 5.71. The number of hydrogen-bond donors (Lipinski definition) is 1. The van der Waals surface area contributed by atoms with E-state index in [1.54, 1.807) is 0 Å². The van der Waals surface area contributed by atoms with Crippen LogP contribution in [0.5, 0.6) is 0 Å². The molecule has 1 atom stereocenters. The van der Waals surface area contributed by atoms with Crippen molar-refractivity contribution in [2.24, 2.45) is 11.8 Å². The maximum atomic E-state index is 11.4. The van der Waals surface area contributed by atoms with Gasteiger partial charge in [-0.3, -0.25) is 4.79 Å². The fraction of sp³-hybridized carbons (Fsp3) is 0.667. The van der Waals surface area contributed by atoms with Crippen molar-refractivity contribution in [1.82, 2.24) is 4.98 Å². The Morgan fingerprint density at radius 2 is 1.78 bits per heavy atom. The number of nitrogens with two attached hydrogens (primary N) is 1. The highest BCUT2D eigenvalue weighted by Gasteiger charge is 2.17. The zero-order valence-electron chi connectivity index (χ0n) is 15.3. The lowest BCUT2D eigenvalue weighted by molar-refractivity contribution is -0.140. The van der Waals surface area contributed by atoms with Gasteiger partial charge in [-0.2, -0.15) is 0 Å². The van der Waals surface area contributed by atoms with E-state index in [0.29, 0.717) is 23.9 Å². The zero-order valence-corrected chi connectivity index (χ0v) is 15.3. The van der Waals surface area contributed by atoms with Gasteiger partial charge in [-0.05, 0) is 29.4 Å². The second-order valence-electron chi connectivity index (χ2n) is 7.06. The van der Waals surface area contributed by atoms with Gasteiger partial charge in [-0.25, -0.2) is 4.98 Å². The molecule has 23 heavy (non-hydrogen) atoms. The number of esters is 1. The molecule has 1 rings (SSSR count). The van der Waals surface area contributed by atoms with E-state index in [-0.39, 0.29) is 11.9 Å². The first-order chi connectivity index (χ1) is 10.7. The van der Waals surface area contributed by atoms with Crippen LogP contribution in [0.25, 0.3) is 0 Å². The molecule has 0 bridgehead atoms. The summed E-state index contributed by atoms with van der Waals surface area (Å²) in [6.45, 7) is 12.6. The number of pyridine rings is 1. The van der Waals surface area contributed by atoms with Crippen LogP contribution in [0.1, 0.15) is 52.5 Å². The summed E-state index contributed by atoms with van der Waals surface area (Å²) in [5, 5.41) is 0. The van der Waals surface area contributed by atoms with E-state index in [4.69, 9.17) is 10.5 Å². The van der Waals surface area contributed by atoms with Gasteiger partial charge in [0.05, 0.1) is 19.2 Å². The molecule has 1 unspecified atom stereocenters. The van der Waals surface area contributed by atoms with Gasteiger partial charge < -0.3 is 15.4 Å². The number of anilines is 2. The van der Waals surface area contributed by atoms with Gasteiger partial charge >= 0.3 is 5.97 Å². The van der Waals surface area contributed by atoms with Crippen LogP contribution in [-0.4, -0.2) is 31.2 Å². The minimum Gasteiger partial charge on any atom is -0.469 e. The average molecular weight is 321 g/mol. The zero-order chi connectivity index (χ0) is 17.6. The molecule has 0 radical (unpaired) electrons. The number of rotatable bonds is 8. The van der Waals surface area contributed by atoms with Gasteiger partial charge in [0, 0.05) is 19.3 Å². The van der Waals surface area contributed by atoms with E-state index in [1.807, 2.05) is 19.2 Å². The minimum atomic E-state index is -0.221. The Bertz CT molecular complexity index is 505. The van der Waals surface area contributed by atoms with Crippen LogP contribution < -0.4 is 10.6 Å². The molecule has 0 saturated carbocycles. The van der Waals surface area contributed by atoms with Gasteiger partial charge in [-0.15, -0.1) is 0 Å². The number of aromatic nitrogens is 1. The Labute approximate surface area is 140 Å². The predicted octanol–water partition coefficient (Wildman–Crippen LogP) is 3.45. The Morgan fingerprint density at radius 3 is 2.22 bits per heavy atom. The Morgan fingerprint density at radius 1 is 1.22 bits per heavy atom. The topological polar surface area (TPSA) is 68.5 Å². The SMILES string of the molecule is COC(=O)CC(C)c1cnc(N(CC(C)C)CC(C)C)c(N)c1. The summed E-state index contributed by atoms with van der Waals surface area (Å²) >= 11 is 0. The second-order valence-corrected chi connectivity index (χ2v) is 7.06. The first kappa shape index (κ1) is 19.3. The largest absolute Gasteiger partial charge is 0.469 e. The molecule has 2 N–H and O–H groups in total. The third-order valence-corrected chi connectivity index (χ3v) is 3.66. The molecule has 1 aromatic heterocycles. The third kappa shape index (κ3) is 6.08. The molecule has 0 amide bonds. The van der Waals surface area contributed by atoms with Crippen LogP contribution >= 0.6 is 0 Å². The van der Waals surface area contributed by atoms with Crippen LogP contribution in [0, 0.1) is 11.8 Å². The fourth-order valence-corrected chi connectivity index (χ4v) is 2.61. The Hall–Kier alpha value is -1.78. The standard InChI is InChI=1S/C18H31N3O2/c1-12(2)10-21(11-13(3)4)18-16(19)8-15(9-20-18)14(5)7-17(22)23-6/h8-9,12-14H,7,10-11,19H2,1-6H3. The molecule has 1 heterocycles. The molecule has 0 aliphatic rings. The highest BCUT2D eigenvalue weighted by Crippen LogP contribution is 2.27. The summed E-state index contributed by atoms with van der Waals surface area (Å²) in [5.74, 6) is 1.72. The summed E-state index contributed by atoms with van der Waals surface area (Å²) in [4.78, 5) is 18.3. The van der Waals surface area contributed by atoms with Crippen molar-refractivity contribution >= 4 is 17.5 Å². The molecular formula is C18H31N3O2. The maximum absolute atomic E-state index is 11.4. The summed E-state index contributed by atoms with van der Waals surface area (Å²) in [5.41, 5.74) is 7.89. The van der Waals surface area contributed by atoms with Crippen molar-refractivity contribution in [3.05, 3.63) is 17.8 Å². The van der Waals surface area contributed by atoms with E-state index in [9.17, 15) is 4.79 Å². The predicted molar refractivity (Wildman–Crippen MR) is 95.6 cm³/mol. The maximum Gasteiger partial charge on any atom is 0.306 e. The van der Waals surface area contributed by atoms with Crippen molar-refractivity contribution in [3.63, 3.8) is 0 Å². The van der Waals surface area contributed by atoms with Crippen molar-refractivity contribution in [2.75, 3.05) is 30.8 Å². The number of hydrogen-bond acceptors (Lipinski definition) is 5. The average Bonchev–Trinajstić information content (AvgIpc) is 2.45. The van der Waals surface area contributed by atoms with Gasteiger partial charge in [0.15, 0.2) is 5.82 Å². The lowest BCUT2D eigenvalue weighted by atomic mass is 9.99. The normalized spacial score (nSPS) is 12.5. The number of carbonyl (C=O) groups is 1. The lowest BCUT2D eigenvalue weighted by Crippen LogP contribution is -2.32. The highest BCUT2D eigenvalue weighted by atomic mass is 16.5. The molecule has 0 aliphatic heterocycles. The summed E-state index contributed by atoms with van der Waals surface area (Å²) in [7, 11) is 1.40. The lowest BCUT2D eigenvalue weighted by Gasteiger charge is -2.28. The Kier molecular flexibility index (Phi) is 7.33. The van der Waals surface area contributed by atoms with Crippen molar-refractivity contribution in [1.29, 1.82) is 0 Å². The molecule has 1 aromatic rings. The monoisotopic (exact) mass is 321 g/mol. The van der Waals surface area contributed by atoms with Crippen LogP contribution in [0.15, 0.2) is 12.3 Å². The first-order valence-electron chi connectivity index (χ1n) is 8.31. The number of nitrogens with zero attached hydrogens (tertiary/aromatic N) is 2. The molecule has 0 fully saturated rings. The summed E-state index contributed by atoms with van der Waals surface area (Å²) < 4.78 is 4.72. The van der Waals surface area contributed by atoms with E-state index in [0.717, 1.165) is 24.5 Å². The quantitative estimate of drug-likeness (QED) is 0.743. The summed E-state index contributed by atoms with van der Waals surface area (Å²) in [6, 6.07) is 1.93. The number of methoxy groups -OCH3 is 1. The smallest absolute Gasteiger partial charge is 0.306 e. The van der Waals surface area contributed by atoms with Gasteiger partial charge in [0.1, 0.15) is 0 Å². The van der Waals surface area contributed by atoms with E-state index in [1.165, 1.54) is 7.11 Å². The van der Waals surface area contributed by atoms with Crippen LogP contribution in [0.4, 0.5) is 11.5 Å². The molecule has 130 valence electrons. The number of nitrogen functional groups attached to an aromatic ring is 1. The fourth-order valence-electron chi connectivity index (χ4n) is 2.61. The van der Waals surface area contributed by atoms with E-state index < -0.39 is 0 Å². The van der Waals surface area contributed by atoms with E-state index >= 15 is 0 Å². The Balaban J connectivity index is 2.97.